The van der Waals surface area contributed by atoms with Crippen LogP contribution in [0.4, 0.5) is 0 Å². The number of phosphoric acid groups is 1. The van der Waals surface area contributed by atoms with Crippen LogP contribution in [0.15, 0.2) is 0 Å². The highest BCUT2D eigenvalue weighted by atomic mass is 31.2. The maximum atomic E-state index is 11.8. The van der Waals surface area contributed by atoms with E-state index in [4.69, 9.17) is 9.05 Å². The number of hydrogen-bond donors (Lipinski definition) is 0. The zero-order valence-electron chi connectivity index (χ0n) is 20.4. The van der Waals surface area contributed by atoms with Gasteiger partial charge in [-0.15, -0.1) is 0 Å². The quantitative estimate of drug-likeness (QED) is 0.277. The van der Waals surface area contributed by atoms with Gasteiger partial charge in [-0.05, 0) is 51.4 Å². The second-order valence-corrected chi connectivity index (χ2v) is 15.2. The SMILES string of the molecule is CCC[P+](CCC)(CCC)CCC.O=P([O-])(OC1CCCCC1)OC1CCCCC1. The predicted molar refractivity (Wildman–Crippen MR) is 131 cm³/mol. The molecule has 0 N–H and O–H groups in total. The molecule has 30 heavy (non-hydrogen) atoms. The van der Waals surface area contributed by atoms with Gasteiger partial charge in [0.15, 0.2) is 0 Å². The Morgan fingerprint density at radius 1 is 0.667 bits per heavy atom. The minimum atomic E-state index is -4.08. The highest BCUT2D eigenvalue weighted by Gasteiger charge is 2.32. The minimum Gasteiger partial charge on any atom is -0.756 e. The third-order valence-corrected chi connectivity index (χ3v) is 13.1. The van der Waals surface area contributed by atoms with Crippen molar-refractivity contribution in [2.24, 2.45) is 0 Å². The fraction of sp³-hybridized carbons (Fsp3) is 1.00. The second-order valence-electron chi connectivity index (χ2n) is 9.41. The molecule has 2 fully saturated rings. The summed E-state index contributed by atoms with van der Waals surface area (Å²) in [5, 5.41) is 0. The highest BCUT2D eigenvalue weighted by Crippen LogP contribution is 2.60. The van der Waals surface area contributed by atoms with Crippen molar-refractivity contribution < 1.29 is 18.5 Å². The van der Waals surface area contributed by atoms with Gasteiger partial charge in [0.05, 0.1) is 36.9 Å². The Kier molecular flexibility index (Phi) is 15.4. The largest absolute Gasteiger partial charge is 0.756 e. The molecule has 0 saturated heterocycles. The standard InChI is InChI=1S/C12H23O4P.C12H28P/c13-17(14,15-11-7-3-1-4-8-11)16-12-9-5-2-6-10-12;1-5-9-13(10-6-2,11-7-3)12-8-4/h11-12H,1-10H2,(H,13,14);5-12H2,1-4H3/q;+1/p-1. The zero-order valence-corrected chi connectivity index (χ0v) is 22.2. The number of rotatable bonds is 12. The van der Waals surface area contributed by atoms with Gasteiger partial charge in [-0.1, -0.05) is 66.2 Å². The van der Waals surface area contributed by atoms with Crippen LogP contribution < -0.4 is 4.89 Å². The van der Waals surface area contributed by atoms with Crippen LogP contribution in [0.5, 0.6) is 0 Å². The van der Waals surface area contributed by atoms with Crippen molar-refractivity contribution in [2.75, 3.05) is 24.6 Å². The van der Waals surface area contributed by atoms with Crippen molar-refractivity contribution >= 4 is 15.1 Å². The Morgan fingerprint density at radius 3 is 1.23 bits per heavy atom. The summed E-state index contributed by atoms with van der Waals surface area (Å²) in [6.45, 7) is 9.43. The van der Waals surface area contributed by atoms with Gasteiger partial charge in [0.25, 0.3) is 7.82 Å². The Morgan fingerprint density at radius 2 is 0.967 bits per heavy atom. The fourth-order valence-corrected chi connectivity index (χ4v) is 11.6. The first kappa shape index (κ1) is 28.6. The lowest BCUT2D eigenvalue weighted by atomic mass is 9.98. The molecule has 0 aromatic rings. The summed E-state index contributed by atoms with van der Waals surface area (Å²) in [4.78, 5) is 11.8. The molecule has 0 heterocycles. The highest BCUT2D eigenvalue weighted by molar-refractivity contribution is 7.75. The first-order valence-corrected chi connectivity index (χ1v) is 16.9. The van der Waals surface area contributed by atoms with Gasteiger partial charge < -0.3 is 13.9 Å². The third-order valence-electron chi connectivity index (χ3n) is 6.45. The molecule has 0 unspecified atom stereocenters. The molecule has 0 aliphatic heterocycles. The molecule has 4 nitrogen and oxygen atoms in total. The summed E-state index contributed by atoms with van der Waals surface area (Å²) >= 11 is 0. The average molecular weight is 465 g/mol. The molecule has 2 aliphatic carbocycles. The van der Waals surface area contributed by atoms with Gasteiger partial charge in [-0.2, -0.15) is 0 Å². The maximum Gasteiger partial charge on any atom is 0.268 e. The minimum absolute atomic E-state index is 0.143. The topological polar surface area (TPSA) is 58.6 Å². The lowest BCUT2D eigenvalue weighted by molar-refractivity contribution is -0.235. The molecule has 6 heteroatoms. The molecular formula is C24H50O4P2. The molecule has 2 saturated carbocycles. The number of hydrogen-bond acceptors (Lipinski definition) is 4. The van der Waals surface area contributed by atoms with Crippen LogP contribution in [0, 0.1) is 0 Å². The van der Waals surface area contributed by atoms with E-state index in [1.54, 1.807) is 24.6 Å². The van der Waals surface area contributed by atoms with Crippen LogP contribution in [0.1, 0.15) is 118 Å². The Balaban J connectivity index is 0.000000314. The molecule has 0 aromatic carbocycles. The Labute approximate surface area is 188 Å². The molecule has 0 atom stereocenters. The van der Waals surface area contributed by atoms with Gasteiger partial charge in [0.2, 0.25) is 0 Å². The van der Waals surface area contributed by atoms with Crippen LogP contribution in [0.25, 0.3) is 0 Å². The lowest BCUT2D eigenvalue weighted by Crippen LogP contribution is -2.24. The van der Waals surface area contributed by atoms with Crippen LogP contribution in [0.3, 0.4) is 0 Å². The van der Waals surface area contributed by atoms with Crippen molar-refractivity contribution in [3.05, 3.63) is 0 Å². The van der Waals surface area contributed by atoms with Crippen molar-refractivity contribution in [2.45, 2.75) is 130 Å². The van der Waals surface area contributed by atoms with Crippen LogP contribution >= 0.6 is 15.1 Å². The fourth-order valence-electron chi connectivity index (χ4n) is 5.30. The third kappa shape index (κ3) is 12.0. The van der Waals surface area contributed by atoms with E-state index in [0.717, 1.165) is 51.4 Å². The molecule has 0 radical (unpaired) electrons. The van der Waals surface area contributed by atoms with E-state index >= 15 is 0 Å². The lowest BCUT2D eigenvalue weighted by Gasteiger charge is -2.34. The van der Waals surface area contributed by atoms with Crippen molar-refractivity contribution in [1.29, 1.82) is 0 Å². The van der Waals surface area contributed by atoms with E-state index in [1.807, 2.05) is 0 Å². The molecule has 2 rings (SSSR count). The first-order chi connectivity index (χ1) is 14.4. The predicted octanol–water partition coefficient (Wildman–Crippen LogP) is 7.80. The molecule has 0 spiro atoms. The van der Waals surface area contributed by atoms with E-state index in [0.29, 0.717) is 0 Å². The Hall–Kier alpha value is 0.540. The zero-order chi connectivity index (χ0) is 22.3. The summed E-state index contributed by atoms with van der Waals surface area (Å²) in [6, 6.07) is 0. The van der Waals surface area contributed by atoms with E-state index < -0.39 is 15.1 Å². The van der Waals surface area contributed by atoms with E-state index in [-0.39, 0.29) is 12.2 Å². The smallest absolute Gasteiger partial charge is 0.268 e. The van der Waals surface area contributed by atoms with Crippen molar-refractivity contribution in [1.82, 2.24) is 0 Å². The monoisotopic (exact) mass is 464 g/mol. The molecule has 0 aromatic heterocycles. The first-order valence-electron chi connectivity index (χ1n) is 12.9. The second kappa shape index (κ2) is 16.2. The van der Waals surface area contributed by atoms with E-state index in [9.17, 15) is 9.46 Å². The van der Waals surface area contributed by atoms with Crippen LogP contribution in [-0.2, 0) is 13.6 Å². The average Bonchev–Trinajstić information content (AvgIpc) is 2.70. The van der Waals surface area contributed by atoms with Gasteiger partial charge in [-0.25, -0.2) is 0 Å². The van der Waals surface area contributed by atoms with Gasteiger partial charge >= 0.3 is 0 Å². The molecule has 180 valence electrons. The maximum absolute atomic E-state index is 11.8. The molecule has 0 amide bonds. The molecule has 0 bridgehead atoms. The summed E-state index contributed by atoms with van der Waals surface area (Å²) in [6.07, 6.45) is 21.6. The van der Waals surface area contributed by atoms with Gasteiger partial charge in [0, 0.05) is 7.26 Å². The van der Waals surface area contributed by atoms with Crippen LogP contribution in [0.2, 0.25) is 0 Å². The van der Waals surface area contributed by atoms with E-state index in [2.05, 4.69) is 27.7 Å². The summed E-state index contributed by atoms with van der Waals surface area (Å²) in [5.74, 6) is 0. The normalized spacial score (nSPS) is 19.4. The van der Waals surface area contributed by atoms with Crippen molar-refractivity contribution in [3.63, 3.8) is 0 Å². The van der Waals surface area contributed by atoms with Gasteiger partial charge in [0.1, 0.15) is 0 Å². The molecular weight excluding hydrogens is 414 g/mol. The summed E-state index contributed by atoms with van der Waals surface area (Å²) in [7, 11) is -4.58. The molecule has 2 aliphatic rings. The van der Waals surface area contributed by atoms with E-state index in [1.165, 1.54) is 38.5 Å². The summed E-state index contributed by atoms with van der Waals surface area (Å²) < 4.78 is 22.1. The summed E-state index contributed by atoms with van der Waals surface area (Å²) in [5.41, 5.74) is 0. The van der Waals surface area contributed by atoms with Crippen molar-refractivity contribution in [3.8, 4) is 0 Å². The van der Waals surface area contributed by atoms with Crippen LogP contribution in [-0.4, -0.2) is 36.9 Å². The Bertz CT molecular complexity index is 407. The van der Waals surface area contributed by atoms with Gasteiger partial charge in [-0.3, -0.25) is 4.57 Å². The number of phosphoric ester groups is 1.